The van der Waals surface area contributed by atoms with Gasteiger partial charge in [-0.05, 0) is 38.0 Å². The molecule has 1 aromatic carbocycles. The van der Waals surface area contributed by atoms with Crippen molar-refractivity contribution in [2.75, 3.05) is 0 Å². The second-order valence-corrected chi connectivity index (χ2v) is 6.41. The number of hydrogen-bond donors (Lipinski definition) is 1. The number of thiophene rings is 1. The van der Waals surface area contributed by atoms with Gasteiger partial charge in [0.2, 0.25) is 0 Å². The first kappa shape index (κ1) is 15.1. The highest BCUT2D eigenvalue weighted by Crippen LogP contribution is 2.19. The van der Waals surface area contributed by atoms with Crippen molar-refractivity contribution >= 4 is 11.3 Å². The van der Waals surface area contributed by atoms with E-state index >= 15 is 0 Å². The zero-order valence-corrected chi connectivity index (χ0v) is 12.5. The van der Waals surface area contributed by atoms with Crippen molar-refractivity contribution in [1.82, 2.24) is 5.32 Å². The smallest absolute Gasteiger partial charge is 0.263 e. The van der Waals surface area contributed by atoms with E-state index < -0.39 is 6.43 Å². The quantitative estimate of drug-likeness (QED) is 0.813. The summed E-state index contributed by atoms with van der Waals surface area (Å²) in [6.45, 7) is 4.95. The van der Waals surface area contributed by atoms with Crippen LogP contribution in [0, 0.1) is 6.92 Å². The number of benzene rings is 1. The molecule has 0 saturated carbocycles. The van der Waals surface area contributed by atoms with Crippen LogP contribution in [0.2, 0.25) is 0 Å². The van der Waals surface area contributed by atoms with Crippen molar-refractivity contribution in [2.24, 2.45) is 0 Å². The Bertz CT molecular complexity index is 534. The summed E-state index contributed by atoms with van der Waals surface area (Å²) in [6.07, 6.45) is -1.40. The van der Waals surface area contributed by atoms with Gasteiger partial charge in [0.1, 0.15) is 0 Å². The van der Waals surface area contributed by atoms with Crippen molar-refractivity contribution in [3.63, 3.8) is 0 Å². The lowest BCUT2D eigenvalue weighted by molar-refractivity contribution is 0.151. The van der Waals surface area contributed by atoms with Crippen LogP contribution in [0.4, 0.5) is 8.78 Å². The Morgan fingerprint density at radius 2 is 1.80 bits per heavy atom. The minimum absolute atomic E-state index is 0.0795. The molecular weight excluding hydrogens is 276 g/mol. The van der Waals surface area contributed by atoms with Gasteiger partial charge in [-0.2, -0.15) is 0 Å². The van der Waals surface area contributed by atoms with Crippen LogP contribution < -0.4 is 5.32 Å². The Balaban J connectivity index is 1.82. The number of aryl methyl sites for hydroxylation is 1. The molecule has 0 aliphatic carbocycles. The molecule has 0 bridgehead atoms. The van der Waals surface area contributed by atoms with Crippen LogP contribution in [0.25, 0.3) is 0 Å². The molecule has 0 radical (unpaired) electrons. The SMILES string of the molecule is Cc1ccc(CC(C)NCc2ccc(C(F)F)cc2)s1. The van der Waals surface area contributed by atoms with Crippen molar-refractivity contribution < 1.29 is 8.78 Å². The molecule has 2 aromatic rings. The second-order valence-electron chi connectivity index (χ2n) is 5.04. The van der Waals surface area contributed by atoms with Gasteiger partial charge in [0.05, 0.1) is 0 Å². The van der Waals surface area contributed by atoms with E-state index in [1.54, 1.807) is 12.1 Å². The number of nitrogens with one attached hydrogen (secondary N) is 1. The third-order valence-electron chi connectivity index (χ3n) is 3.19. The fraction of sp³-hybridized carbons (Fsp3) is 0.375. The van der Waals surface area contributed by atoms with Gasteiger partial charge in [-0.1, -0.05) is 24.3 Å². The summed E-state index contributed by atoms with van der Waals surface area (Å²) < 4.78 is 24.9. The van der Waals surface area contributed by atoms with Gasteiger partial charge in [-0.15, -0.1) is 11.3 Å². The lowest BCUT2D eigenvalue weighted by Crippen LogP contribution is -2.27. The monoisotopic (exact) mass is 295 g/mol. The standard InChI is InChI=1S/C16H19F2NS/c1-11(9-15-8-3-12(2)20-15)19-10-13-4-6-14(7-5-13)16(17)18/h3-8,11,16,19H,9-10H2,1-2H3. The zero-order valence-electron chi connectivity index (χ0n) is 11.7. The van der Waals surface area contributed by atoms with Gasteiger partial charge in [0, 0.05) is 27.9 Å². The number of rotatable bonds is 6. The Hall–Kier alpha value is -1.26. The lowest BCUT2D eigenvalue weighted by atomic mass is 10.1. The van der Waals surface area contributed by atoms with E-state index in [0.717, 1.165) is 12.0 Å². The topological polar surface area (TPSA) is 12.0 Å². The average molecular weight is 295 g/mol. The molecule has 1 heterocycles. The summed E-state index contributed by atoms with van der Waals surface area (Å²) in [5.41, 5.74) is 1.11. The fourth-order valence-electron chi connectivity index (χ4n) is 2.04. The third-order valence-corrected chi connectivity index (χ3v) is 4.21. The van der Waals surface area contributed by atoms with Crippen LogP contribution in [-0.2, 0) is 13.0 Å². The van der Waals surface area contributed by atoms with E-state index in [0.29, 0.717) is 12.6 Å². The van der Waals surface area contributed by atoms with E-state index in [-0.39, 0.29) is 5.56 Å². The molecule has 0 aliphatic heterocycles. The molecule has 1 atom stereocenters. The fourth-order valence-corrected chi connectivity index (χ4v) is 3.06. The van der Waals surface area contributed by atoms with Crippen molar-refractivity contribution in [3.05, 3.63) is 57.3 Å². The van der Waals surface area contributed by atoms with Crippen LogP contribution in [0.15, 0.2) is 36.4 Å². The number of alkyl halides is 2. The maximum Gasteiger partial charge on any atom is 0.263 e. The molecule has 1 aromatic heterocycles. The first-order chi connectivity index (χ1) is 9.54. The normalized spacial score (nSPS) is 12.8. The molecule has 1 nitrogen and oxygen atoms in total. The van der Waals surface area contributed by atoms with E-state index in [4.69, 9.17) is 0 Å². The van der Waals surface area contributed by atoms with E-state index in [9.17, 15) is 8.78 Å². The zero-order chi connectivity index (χ0) is 14.5. The van der Waals surface area contributed by atoms with Gasteiger partial charge in [0.25, 0.3) is 6.43 Å². The Kier molecular flexibility index (Phi) is 5.26. The van der Waals surface area contributed by atoms with E-state index in [1.165, 1.54) is 21.9 Å². The minimum atomic E-state index is -2.39. The molecule has 2 rings (SSSR count). The molecule has 1 N–H and O–H groups in total. The van der Waals surface area contributed by atoms with Crippen molar-refractivity contribution in [3.8, 4) is 0 Å². The summed E-state index contributed by atoms with van der Waals surface area (Å²) in [5.74, 6) is 0. The highest BCUT2D eigenvalue weighted by molar-refractivity contribution is 7.11. The molecule has 0 saturated heterocycles. The predicted octanol–water partition coefficient (Wildman–Crippen LogP) is 4.71. The van der Waals surface area contributed by atoms with E-state index in [2.05, 4.69) is 31.3 Å². The Morgan fingerprint density at radius 3 is 2.35 bits per heavy atom. The maximum absolute atomic E-state index is 12.4. The molecule has 108 valence electrons. The van der Waals surface area contributed by atoms with Crippen molar-refractivity contribution in [2.45, 2.75) is 39.3 Å². The highest BCUT2D eigenvalue weighted by atomic mass is 32.1. The van der Waals surface area contributed by atoms with Crippen LogP contribution in [-0.4, -0.2) is 6.04 Å². The molecule has 0 fully saturated rings. The Morgan fingerprint density at radius 1 is 1.10 bits per heavy atom. The molecule has 0 spiro atoms. The maximum atomic E-state index is 12.4. The van der Waals surface area contributed by atoms with Crippen molar-refractivity contribution in [1.29, 1.82) is 0 Å². The third kappa shape index (κ3) is 4.39. The van der Waals surface area contributed by atoms with Crippen LogP contribution in [0.1, 0.15) is 34.2 Å². The molecule has 0 aliphatic rings. The van der Waals surface area contributed by atoms with Gasteiger partial charge < -0.3 is 5.32 Å². The average Bonchev–Trinajstić information content (AvgIpc) is 2.82. The van der Waals surface area contributed by atoms with E-state index in [1.807, 2.05) is 11.3 Å². The summed E-state index contributed by atoms with van der Waals surface area (Å²) in [5, 5.41) is 3.42. The van der Waals surface area contributed by atoms with Gasteiger partial charge >= 0.3 is 0 Å². The highest BCUT2D eigenvalue weighted by Gasteiger charge is 2.07. The largest absolute Gasteiger partial charge is 0.310 e. The van der Waals surface area contributed by atoms with Gasteiger partial charge in [-0.3, -0.25) is 0 Å². The number of hydrogen-bond acceptors (Lipinski definition) is 2. The minimum Gasteiger partial charge on any atom is -0.310 e. The summed E-state index contributed by atoms with van der Waals surface area (Å²) >= 11 is 1.82. The Labute approximate surface area is 122 Å². The summed E-state index contributed by atoms with van der Waals surface area (Å²) in [4.78, 5) is 2.70. The van der Waals surface area contributed by atoms with Crippen LogP contribution >= 0.6 is 11.3 Å². The first-order valence-corrected chi connectivity index (χ1v) is 7.52. The van der Waals surface area contributed by atoms with Gasteiger partial charge in [0.15, 0.2) is 0 Å². The lowest BCUT2D eigenvalue weighted by Gasteiger charge is -2.13. The molecule has 1 unspecified atom stereocenters. The molecular formula is C16H19F2NS. The molecule has 0 amide bonds. The molecule has 20 heavy (non-hydrogen) atoms. The van der Waals surface area contributed by atoms with Gasteiger partial charge in [-0.25, -0.2) is 8.78 Å². The van der Waals surface area contributed by atoms with Crippen LogP contribution in [0.3, 0.4) is 0 Å². The summed E-state index contributed by atoms with van der Waals surface area (Å²) in [6, 6.07) is 11.2. The molecule has 4 heteroatoms. The second kappa shape index (κ2) is 6.95. The predicted molar refractivity (Wildman–Crippen MR) is 80.5 cm³/mol. The number of halogens is 2. The summed E-state index contributed by atoms with van der Waals surface area (Å²) in [7, 11) is 0. The van der Waals surface area contributed by atoms with Crippen LogP contribution in [0.5, 0.6) is 0 Å². The first-order valence-electron chi connectivity index (χ1n) is 6.70.